The van der Waals surface area contributed by atoms with E-state index in [0.717, 1.165) is 17.1 Å². The lowest BCUT2D eigenvalue weighted by Gasteiger charge is -2.23. The number of aryl methyl sites for hydroxylation is 1. The van der Waals surface area contributed by atoms with E-state index < -0.39 is 11.5 Å². The molecule has 0 radical (unpaired) electrons. The molecule has 1 aromatic heterocycles. The highest BCUT2D eigenvalue weighted by Crippen LogP contribution is 2.33. The number of hydrogen-bond donors (Lipinski definition) is 1. The molecule has 0 saturated carbocycles. The van der Waals surface area contributed by atoms with Crippen LogP contribution in [0.2, 0.25) is 0 Å². The Hall–Kier alpha value is -2.96. The summed E-state index contributed by atoms with van der Waals surface area (Å²) in [4.78, 5) is 24.6. The van der Waals surface area contributed by atoms with Crippen LogP contribution in [0.4, 0.5) is 0 Å². The molecule has 7 nitrogen and oxygen atoms in total. The Morgan fingerprint density at radius 1 is 1.11 bits per heavy atom. The van der Waals surface area contributed by atoms with Crippen LogP contribution in [-0.4, -0.2) is 42.3 Å². The van der Waals surface area contributed by atoms with Gasteiger partial charge in [0.25, 0.3) is 5.91 Å². The number of amides is 1. The van der Waals surface area contributed by atoms with Gasteiger partial charge < -0.3 is 24.1 Å². The molecule has 2 heterocycles. The van der Waals surface area contributed by atoms with Gasteiger partial charge in [0.05, 0.1) is 12.7 Å². The maximum atomic E-state index is 12.8. The first-order valence-corrected chi connectivity index (χ1v) is 8.74. The minimum atomic E-state index is -1.12. The Morgan fingerprint density at radius 3 is 2.44 bits per heavy atom. The fraction of sp³-hybridized carbons (Fsp3) is 0.400. The summed E-state index contributed by atoms with van der Waals surface area (Å²) in [5.41, 5.74) is 1.91. The minimum absolute atomic E-state index is 0.331. The van der Waals surface area contributed by atoms with Gasteiger partial charge in [-0.05, 0) is 45.9 Å². The van der Waals surface area contributed by atoms with Crippen molar-refractivity contribution in [1.29, 1.82) is 0 Å². The number of methoxy groups -OCH3 is 1. The molecule has 2 aromatic rings. The molecule has 0 unspecified atom stereocenters. The number of hydrogen-bond acceptors (Lipinski definition) is 5. The smallest absolute Gasteiger partial charge is 0.330 e. The summed E-state index contributed by atoms with van der Waals surface area (Å²) in [6, 6.07) is 7.49. The number of aromatic nitrogens is 1. The molecule has 0 atom stereocenters. The zero-order valence-electron chi connectivity index (χ0n) is 16.2. The molecule has 0 saturated heterocycles. The van der Waals surface area contributed by atoms with E-state index in [1.165, 1.54) is 7.11 Å². The highest BCUT2D eigenvalue weighted by atomic mass is 16.6. The van der Waals surface area contributed by atoms with E-state index in [-0.39, 0.29) is 5.91 Å². The standard InChI is InChI=1S/C20H24N2O5/c1-12-10-15(18(23)21-20(3,4)19(24)25-5)13(2)22(12)14-6-7-16-17(11-14)27-9-8-26-16/h6-7,10-11H,8-9H2,1-5H3,(H,21,23). The molecule has 3 rings (SSSR count). The van der Waals surface area contributed by atoms with Gasteiger partial charge in [0.15, 0.2) is 11.5 Å². The van der Waals surface area contributed by atoms with Crippen LogP contribution in [0.3, 0.4) is 0 Å². The molecule has 1 aliphatic heterocycles. The van der Waals surface area contributed by atoms with Crippen LogP contribution < -0.4 is 14.8 Å². The maximum absolute atomic E-state index is 12.8. The number of carbonyl (C=O) groups excluding carboxylic acids is 2. The van der Waals surface area contributed by atoms with E-state index in [4.69, 9.17) is 14.2 Å². The molecule has 1 aromatic carbocycles. The summed E-state index contributed by atoms with van der Waals surface area (Å²) in [5, 5.41) is 2.73. The summed E-state index contributed by atoms with van der Waals surface area (Å²) in [6.07, 6.45) is 0. The third-order valence-electron chi connectivity index (χ3n) is 4.58. The van der Waals surface area contributed by atoms with Crippen molar-refractivity contribution in [2.75, 3.05) is 20.3 Å². The largest absolute Gasteiger partial charge is 0.486 e. The topological polar surface area (TPSA) is 78.8 Å². The first kappa shape index (κ1) is 18.8. The van der Waals surface area contributed by atoms with Crippen molar-refractivity contribution in [3.8, 4) is 17.2 Å². The number of nitrogens with one attached hydrogen (secondary N) is 1. The zero-order chi connectivity index (χ0) is 19.8. The van der Waals surface area contributed by atoms with Gasteiger partial charge in [0.2, 0.25) is 0 Å². The van der Waals surface area contributed by atoms with Crippen LogP contribution in [-0.2, 0) is 9.53 Å². The lowest BCUT2D eigenvalue weighted by molar-refractivity contribution is -0.146. The normalized spacial score (nSPS) is 13.2. The fourth-order valence-electron chi connectivity index (χ4n) is 3.22. The van der Waals surface area contributed by atoms with E-state index in [1.54, 1.807) is 19.9 Å². The zero-order valence-corrected chi connectivity index (χ0v) is 16.2. The minimum Gasteiger partial charge on any atom is -0.486 e. The second-order valence-corrected chi connectivity index (χ2v) is 7.02. The molecule has 7 heteroatoms. The third kappa shape index (κ3) is 3.49. The fourth-order valence-corrected chi connectivity index (χ4v) is 3.22. The number of rotatable bonds is 4. The Bertz CT molecular complexity index is 898. The molecule has 0 fully saturated rings. The van der Waals surface area contributed by atoms with Crippen molar-refractivity contribution in [1.82, 2.24) is 9.88 Å². The second kappa shape index (κ2) is 6.98. The van der Waals surface area contributed by atoms with Crippen molar-refractivity contribution in [2.24, 2.45) is 0 Å². The molecule has 0 spiro atoms. The van der Waals surface area contributed by atoms with Gasteiger partial charge in [0, 0.05) is 23.1 Å². The summed E-state index contributed by atoms with van der Waals surface area (Å²) >= 11 is 0. The van der Waals surface area contributed by atoms with Gasteiger partial charge in [-0.1, -0.05) is 0 Å². The summed E-state index contributed by atoms with van der Waals surface area (Å²) < 4.78 is 17.9. The predicted molar refractivity (Wildman–Crippen MR) is 99.8 cm³/mol. The molecule has 1 amide bonds. The molecule has 27 heavy (non-hydrogen) atoms. The average molecular weight is 372 g/mol. The number of carbonyl (C=O) groups is 2. The van der Waals surface area contributed by atoms with Crippen molar-refractivity contribution < 1.29 is 23.8 Å². The van der Waals surface area contributed by atoms with E-state index >= 15 is 0 Å². The summed E-state index contributed by atoms with van der Waals surface area (Å²) in [7, 11) is 1.30. The number of nitrogens with zero attached hydrogens (tertiary/aromatic N) is 1. The molecule has 144 valence electrons. The molecular weight excluding hydrogens is 348 g/mol. The first-order valence-electron chi connectivity index (χ1n) is 8.74. The highest BCUT2D eigenvalue weighted by molar-refractivity contribution is 5.99. The average Bonchev–Trinajstić information content (AvgIpc) is 2.94. The molecular formula is C20H24N2O5. The Balaban J connectivity index is 1.93. The Morgan fingerprint density at radius 2 is 1.78 bits per heavy atom. The van der Waals surface area contributed by atoms with Gasteiger partial charge >= 0.3 is 5.97 Å². The van der Waals surface area contributed by atoms with Crippen LogP contribution in [0.1, 0.15) is 35.6 Å². The van der Waals surface area contributed by atoms with Crippen LogP contribution in [0.5, 0.6) is 11.5 Å². The van der Waals surface area contributed by atoms with Crippen molar-refractivity contribution >= 4 is 11.9 Å². The number of fused-ring (bicyclic) bond motifs is 1. The second-order valence-electron chi connectivity index (χ2n) is 7.02. The Labute approximate surface area is 158 Å². The van der Waals surface area contributed by atoms with E-state index in [0.29, 0.717) is 30.3 Å². The van der Waals surface area contributed by atoms with Crippen molar-refractivity contribution in [3.05, 3.63) is 41.2 Å². The van der Waals surface area contributed by atoms with Gasteiger partial charge in [-0.25, -0.2) is 4.79 Å². The molecule has 1 N–H and O–H groups in total. The highest BCUT2D eigenvalue weighted by Gasteiger charge is 2.32. The lowest BCUT2D eigenvalue weighted by Crippen LogP contribution is -2.50. The van der Waals surface area contributed by atoms with E-state index in [2.05, 4.69) is 5.32 Å². The predicted octanol–water partition coefficient (Wildman–Crippen LogP) is 2.55. The van der Waals surface area contributed by atoms with Crippen molar-refractivity contribution in [2.45, 2.75) is 33.2 Å². The monoisotopic (exact) mass is 372 g/mol. The maximum Gasteiger partial charge on any atom is 0.330 e. The molecule has 0 bridgehead atoms. The molecule has 0 aliphatic carbocycles. The number of esters is 1. The number of benzene rings is 1. The molecule has 1 aliphatic rings. The van der Waals surface area contributed by atoms with Crippen molar-refractivity contribution in [3.63, 3.8) is 0 Å². The lowest BCUT2D eigenvalue weighted by atomic mass is 10.1. The van der Waals surface area contributed by atoms with Crippen LogP contribution in [0.25, 0.3) is 5.69 Å². The van der Waals surface area contributed by atoms with E-state index in [1.807, 2.05) is 36.6 Å². The van der Waals surface area contributed by atoms with Gasteiger partial charge in [-0.15, -0.1) is 0 Å². The Kier molecular flexibility index (Phi) is 4.87. The quantitative estimate of drug-likeness (QED) is 0.835. The van der Waals surface area contributed by atoms with E-state index in [9.17, 15) is 9.59 Å². The van der Waals surface area contributed by atoms with Crippen LogP contribution in [0, 0.1) is 13.8 Å². The van der Waals surface area contributed by atoms with Gasteiger partial charge in [0.1, 0.15) is 18.8 Å². The van der Waals surface area contributed by atoms with Gasteiger partial charge in [-0.2, -0.15) is 0 Å². The van der Waals surface area contributed by atoms with Gasteiger partial charge in [-0.3, -0.25) is 4.79 Å². The SMILES string of the molecule is COC(=O)C(C)(C)NC(=O)c1cc(C)n(-c2ccc3c(c2)OCCO3)c1C. The summed E-state index contributed by atoms with van der Waals surface area (Å²) in [6.45, 7) is 8.05. The summed E-state index contributed by atoms with van der Waals surface area (Å²) in [5.74, 6) is 0.563. The third-order valence-corrected chi connectivity index (χ3v) is 4.58. The van der Waals surface area contributed by atoms with Crippen LogP contribution in [0.15, 0.2) is 24.3 Å². The van der Waals surface area contributed by atoms with Crippen LogP contribution >= 0.6 is 0 Å². The first-order chi connectivity index (χ1) is 12.7. The number of ether oxygens (including phenoxy) is 3.